The van der Waals surface area contributed by atoms with E-state index in [4.69, 9.17) is 44.3 Å². The summed E-state index contributed by atoms with van der Waals surface area (Å²) in [6, 6.07) is 16.4. The van der Waals surface area contributed by atoms with Crippen LogP contribution in [0.15, 0.2) is 64.5 Å². The number of rotatable bonds is 7. The van der Waals surface area contributed by atoms with Crippen molar-refractivity contribution in [2.24, 2.45) is 4.99 Å². The minimum atomic E-state index is -0.229. The van der Waals surface area contributed by atoms with Crippen LogP contribution in [0.5, 0.6) is 11.5 Å². The minimum absolute atomic E-state index is 0.188. The molecule has 0 radical (unpaired) electrons. The lowest BCUT2D eigenvalue weighted by Crippen LogP contribution is -2.19. The van der Waals surface area contributed by atoms with Crippen LogP contribution >= 0.6 is 46.6 Å². The van der Waals surface area contributed by atoms with Gasteiger partial charge in [-0.2, -0.15) is 0 Å². The Hall–Kier alpha value is -2.64. The van der Waals surface area contributed by atoms with E-state index in [0.717, 1.165) is 16.8 Å². The van der Waals surface area contributed by atoms with Crippen LogP contribution in [0.25, 0.3) is 6.08 Å². The molecule has 1 saturated heterocycles. The Balaban J connectivity index is 1.56. The second-order valence-electron chi connectivity index (χ2n) is 7.60. The molecule has 1 amide bonds. The molecule has 9 heteroatoms. The summed E-state index contributed by atoms with van der Waals surface area (Å²) >= 11 is 20.0. The molecule has 4 rings (SSSR count). The van der Waals surface area contributed by atoms with Crippen molar-refractivity contribution in [1.29, 1.82) is 0 Å². The number of carbonyl (C=O) groups excluding carboxylic acids is 1. The third-order valence-corrected chi connectivity index (χ3v) is 6.71. The maximum atomic E-state index is 12.5. The Kier molecular flexibility index (Phi) is 8.29. The van der Waals surface area contributed by atoms with Crippen molar-refractivity contribution in [1.82, 2.24) is 5.32 Å². The first kappa shape index (κ1) is 25.5. The molecule has 1 aliphatic heterocycles. The monoisotopic (exact) mass is 546 g/mol. The SMILES string of the molecule is CCOc1cc(/C=C2\SC(=Nc3ccc(C)cc3)NC2=O)cc(Cl)c1OCc1ccc(Cl)cc1Cl. The number of nitrogens with one attached hydrogen (secondary N) is 1. The molecule has 180 valence electrons. The first-order chi connectivity index (χ1) is 16.8. The Morgan fingerprint density at radius 3 is 2.49 bits per heavy atom. The number of ether oxygens (including phenoxy) is 2. The van der Waals surface area contributed by atoms with Crippen LogP contribution in [0, 0.1) is 6.92 Å². The quantitative estimate of drug-likeness (QED) is 0.306. The van der Waals surface area contributed by atoms with E-state index in [-0.39, 0.29) is 12.5 Å². The summed E-state index contributed by atoms with van der Waals surface area (Å²) in [7, 11) is 0. The summed E-state index contributed by atoms with van der Waals surface area (Å²) in [6.45, 7) is 4.48. The number of benzene rings is 3. The van der Waals surface area contributed by atoms with Gasteiger partial charge < -0.3 is 14.8 Å². The van der Waals surface area contributed by atoms with E-state index in [0.29, 0.717) is 48.8 Å². The van der Waals surface area contributed by atoms with Gasteiger partial charge in [0, 0.05) is 15.6 Å². The molecule has 1 heterocycles. The van der Waals surface area contributed by atoms with Crippen LogP contribution in [0.4, 0.5) is 5.69 Å². The van der Waals surface area contributed by atoms with Gasteiger partial charge in [-0.05, 0) is 73.6 Å². The molecule has 3 aromatic rings. The average molecular weight is 548 g/mol. The zero-order valence-electron chi connectivity index (χ0n) is 18.9. The van der Waals surface area contributed by atoms with Crippen LogP contribution in [-0.2, 0) is 11.4 Å². The van der Waals surface area contributed by atoms with Crippen molar-refractivity contribution in [3.05, 3.63) is 91.3 Å². The van der Waals surface area contributed by atoms with Crippen LogP contribution in [0.2, 0.25) is 15.1 Å². The highest BCUT2D eigenvalue weighted by Gasteiger charge is 2.24. The summed E-state index contributed by atoms with van der Waals surface area (Å²) in [5, 5.41) is 4.71. The lowest BCUT2D eigenvalue weighted by molar-refractivity contribution is -0.115. The van der Waals surface area contributed by atoms with Gasteiger partial charge in [-0.25, -0.2) is 4.99 Å². The first-order valence-corrected chi connectivity index (χ1v) is 12.7. The summed E-state index contributed by atoms with van der Waals surface area (Å²) in [4.78, 5) is 17.5. The third-order valence-electron chi connectivity index (χ3n) is 4.93. The molecule has 1 N–H and O–H groups in total. The maximum absolute atomic E-state index is 12.5. The molecule has 1 aliphatic rings. The second kappa shape index (κ2) is 11.4. The van der Waals surface area contributed by atoms with Gasteiger partial charge in [-0.3, -0.25) is 4.79 Å². The predicted molar refractivity (Wildman–Crippen MR) is 145 cm³/mol. The molecule has 5 nitrogen and oxygen atoms in total. The highest BCUT2D eigenvalue weighted by Crippen LogP contribution is 2.39. The molecule has 0 aliphatic carbocycles. The van der Waals surface area contributed by atoms with E-state index in [2.05, 4.69) is 10.3 Å². The first-order valence-electron chi connectivity index (χ1n) is 10.7. The van der Waals surface area contributed by atoms with E-state index in [1.165, 1.54) is 11.8 Å². The van der Waals surface area contributed by atoms with Crippen molar-refractivity contribution >= 4 is 69.4 Å². The van der Waals surface area contributed by atoms with Gasteiger partial charge in [0.15, 0.2) is 16.7 Å². The lowest BCUT2D eigenvalue weighted by Gasteiger charge is -2.15. The van der Waals surface area contributed by atoms with Gasteiger partial charge >= 0.3 is 0 Å². The summed E-state index contributed by atoms with van der Waals surface area (Å²) in [5.74, 6) is 0.633. The number of thioether (sulfide) groups is 1. The van der Waals surface area contributed by atoms with Gasteiger partial charge in [0.2, 0.25) is 0 Å². The molecule has 0 bridgehead atoms. The molecular weight excluding hydrogens is 527 g/mol. The molecular formula is C26H21Cl3N2O3S. The van der Waals surface area contributed by atoms with Crippen LogP contribution in [-0.4, -0.2) is 17.7 Å². The van der Waals surface area contributed by atoms with Gasteiger partial charge in [-0.15, -0.1) is 0 Å². The van der Waals surface area contributed by atoms with E-state index in [1.54, 1.807) is 36.4 Å². The number of hydrogen-bond acceptors (Lipinski definition) is 5. The van der Waals surface area contributed by atoms with Crippen molar-refractivity contribution in [3.8, 4) is 11.5 Å². The normalized spacial score (nSPS) is 15.5. The van der Waals surface area contributed by atoms with Gasteiger partial charge in [0.25, 0.3) is 5.91 Å². The van der Waals surface area contributed by atoms with Crippen LogP contribution in [0.3, 0.4) is 0 Å². The van der Waals surface area contributed by atoms with Crippen LogP contribution < -0.4 is 14.8 Å². The fourth-order valence-electron chi connectivity index (χ4n) is 3.23. The van der Waals surface area contributed by atoms with E-state index in [1.807, 2.05) is 38.1 Å². The maximum Gasteiger partial charge on any atom is 0.264 e. The standard InChI is InChI=1S/C26H21Cl3N2O3S/c1-3-33-22-11-16(10-21(29)24(22)34-14-17-6-7-18(27)13-20(17)28)12-23-25(32)31-26(35-23)30-19-8-4-15(2)5-9-19/h4-13H,3,14H2,1-2H3,(H,30,31,32)/b23-12-. The van der Waals surface area contributed by atoms with Crippen molar-refractivity contribution < 1.29 is 14.3 Å². The topological polar surface area (TPSA) is 59.9 Å². The Labute approximate surface area is 223 Å². The van der Waals surface area contributed by atoms with Gasteiger partial charge in [0.1, 0.15) is 6.61 Å². The predicted octanol–water partition coefficient (Wildman–Crippen LogP) is 7.82. The Morgan fingerprint density at radius 1 is 1.00 bits per heavy atom. The molecule has 35 heavy (non-hydrogen) atoms. The van der Waals surface area contributed by atoms with E-state index < -0.39 is 0 Å². The lowest BCUT2D eigenvalue weighted by atomic mass is 10.1. The average Bonchev–Trinajstić information content (AvgIpc) is 3.14. The number of amides is 1. The van der Waals surface area contributed by atoms with Gasteiger partial charge in [0.05, 0.1) is 22.2 Å². The zero-order valence-corrected chi connectivity index (χ0v) is 22.0. The molecule has 0 unspecified atom stereocenters. The number of nitrogens with zero attached hydrogens (tertiary/aromatic N) is 1. The Morgan fingerprint density at radius 2 is 1.77 bits per heavy atom. The molecule has 1 fully saturated rings. The molecule has 0 atom stereocenters. The third kappa shape index (κ3) is 6.53. The summed E-state index contributed by atoms with van der Waals surface area (Å²) in [5.41, 5.74) is 3.37. The Bertz CT molecular complexity index is 1320. The number of amidine groups is 1. The minimum Gasteiger partial charge on any atom is -0.490 e. The highest BCUT2D eigenvalue weighted by molar-refractivity contribution is 8.18. The number of carbonyl (C=O) groups is 1. The van der Waals surface area contributed by atoms with Crippen molar-refractivity contribution in [2.45, 2.75) is 20.5 Å². The molecule has 3 aromatic carbocycles. The second-order valence-corrected chi connectivity index (χ2v) is 9.89. The van der Waals surface area contributed by atoms with Crippen molar-refractivity contribution in [2.75, 3.05) is 6.61 Å². The smallest absolute Gasteiger partial charge is 0.264 e. The highest BCUT2D eigenvalue weighted by atomic mass is 35.5. The number of aliphatic imine (C=N–C) groups is 1. The largest absolute Gasteiger partial charge is 0.490 e. The number of halogens is 3. The van der Waals surface area contributed by atoms with Gasteiger partial charge in [-0.1, -0.05) is 58.6 Å². The molecule has 0 aromatic heterocycles. The van der Waals surface area contributed by atoms with E-state index in [9.17, 15) is 4.79 Å². The molecule has 0 saturated carbocycles. The zero-order chi connectivity index (χ0) is 24.9. The van der Waals surface area contributed by atoms with Crippen LogP contribution in [0.1, 0.15) is 23.6 Å². The fraction of sp³-hybridized carbons (Fsp3) is 0.154. The number of aryl methyl sites for hydroxylation is 1. The van der Waals surface area contributed by atoms with E-state index >= 15 is 0 Å². The molecule has 0 spiro atoms. The van der Waals surface area contributed by atoms with Crippen molar-refractivity contribution in [3.63, 3.8) is 0 Å². The number of hydrogen-bond donors (Lipinski definition) is 1. The fourth-order valence-corrected chi connectivity index (χ4v) is 4.81. The summed E-state index contributed by atoms with van der Waals surface area (Å²) in [6.07, 6.45) is 1.74. The summed E-state index contributed by atoms with van der Waals surface area (Å²) < 4.78 is 11.7.